The maximum atomic E-state index is 12.0. The predicted octanol–water partition coefficient (Wildman–Crippen LogP) is 1.93. The average Bonchev–Trinajstić information content (AvgIpc) is 3.22. The molecule has 8 heteroatoms. The summed E-state index contributed by atoms with van der Waals surface area (Å²) in [5.74, 6) is 0.650. The molecule has 1 aromatic carbocycles. The number of hydrogen-bond donors (Lipinski definition) is 1. The highest BCUT2D eigenvalue weighted by Crippen LogP contribution is 2.16. The molecule has 0 atom stereocenters. The number of rotatable bonds is 7. The topological polar surface area (TPSA) is 75.9 Å². The largest absolute Gasteiger partial charge is 0.326 e. The van der Waals surface area contributed by atoms with E-state index in [4.69, 9.17) is 0 Å². The van der Waals surface area contributed by atoms with Gasteiger partial charge in [0.2, 0.25) is 11.1 Å². The highest BCUT2D eigenvalue weighted by atomic mass is 32.2. The van der Waals surface area contributed by atoms with E-state index in [1.54, 1.807) is 11.7 Å². The number of anilines is 1. The van der Waals surface area contributed by atoms with Crippen LogP contribution in [-0.2, 0) is 18.4 Å². The highest BCUT2D eigenvalue weighted by Gasteiger charge is 2.11. The zero-order chi connectivity index (χ0) is 16.8. The number of aromatic nitrogens is 4. The number of amides is 1. The summed E-state index contributed by atoms with van der Waals surface area (Å²) >= 11 is 1.47. The Bertz CT molecular complexity index is 665. The molecule has 1 saturated heterocycles. The molecule has 1 aliphatic heterocycles. The third-order valence-electron chi connectivity index (χ3n) is 3.98. The van der Waals surface area contributed by atoms with Crippen molar-refractivity contribution in [2.45, 2.75) is 31.0 Å². The van der Waals surface area contributed by atoms with E-state index in [0.717, 1.165) is 12.2 Å². The minimum Gasteiger partial charge on any atom is -0.326 e. The number of thioether (sulfide) groups is 1. The Hall–Kier alpha value is -1.93. The van der Waals surface area contributed by atoms with E-state index in [-0.39, 0.29) is 5.91 Å². The van der Waals surface area contributed by atoms with Crippen molar-refractivity contribution in [1.29, 1.82) is 0 Å². The fraction of sp³-hybridized carbons (Fsp3) is 0.500. The van der Waals surface area contributed by atoms with E-state index in [0.29, 0.717) is 17.3 Å². The molecule has 3 rings (SSSR count). The molecular formula is C16H22N6OS. The van der Waals surface area contributed by atoms with Crippen LogP contribution in [0, 0.1) is 0 Å². The molecule has 7 nitrogen and oxygen atoms in total. The number of carbonyl (C=O) groups excluding carboxylic acids is 1. The van der Waals surface area contributed by atoms with Gasteiger partial charge in [-0.25, -0.2) is 4.68 Å². The molecule has 1 N–H and O–H groups in total. The van der Waals surface area contributed by atoms with Crippen LogP contribution in [-0.4, -0.2) is 49.9 Å². The summed E-state index contributed by atoms with van der Waals surface area (Å²) in [4.78, 5) is 14.5. The van der Waals surface area contributed by atoms with Crippen LogP contribution in [0.25, 0.3) is 0 Å². The fourth-order valence-corrected chi connectivity index (χ4v) is 3.48. The van der Waals surface area contributed by atoms with Gasteiger partial charge in [0.15, 0.2) is 0 Å². The summed E-state index contributed by atoms with van der Waals surface area (Å²) in [6.45, 7) is 3.38. The first-order valence-electron chi connectivity index (χ1n) is 8.17. The van der Waals surface area contributed by atoms with E-state index in [1.807, 2.05) is 12.1 Å². The number of likely N-dealkylation sites (tertiary alicyclic amines) is 1. The van der Waals surface area contributed by atoms with E-state index in [1.165, 1.54) is 43.3 Å². The monoisotopic (exact) mass is 346 g/mol. The standard InChI is InChI=1S/C16H22N6OS/c1-21-16(18-19-20-21)24-11-8-15(23)17-14-6-4-13(5-7-14)12-22-9-2-3-10-22/h4-7H,2-3,8-12H2,1H3,(H,17,23). The lowest BCUT2D eigenvalue weighted by molar-refractivity contribution is -0.115. The smallest absolute Gasteiger partial charge is 0.225 e. The van der Waals surface area contributed by atoms with Crippen molar-refractivity contribution in [2.75, 3.05) is 24.2 Å². The average molecular weight is 346 g/mol. The molecule has 1 amide bonds. The van der Waals surface area contributed by atoms with E-state index < -0.39 is 0 Å². The number of hydrogen-bond acceptors (Lipinski definition) is 6. The van der Waals surface area contributed by atoms with Crippen LogP contribution in [0.5, 0.6) is 0 Å². The summed E-state index contributed by atoms with van der Waals surface area (Å²) in [5.41, 5.74) is 2.13. The molecule has 128 valence electrons. The molecule has 1 fully saturated rings. The summed E-state index contributed by atoms with van der Waals surface area (Å²) in [6, 6.07) is 8.13. The van der Waals surface area contributed by atoms with Crippen LogP contribution in [0.15, 0.2) is 29.4 Å². The SMILES string of the molecule is Cn1nnnc1SCCC(=O)Nc1ccc(CN2CCCC2)cc1. The summed E-state index contributed by atoms with van der Waals surface area (Å²) in [6.07, 6.45) is 3.03. The fourth-order valence-electron chi connectivity index (χ4n) is 2.69. The van der Waals surface area contributed by atoms with Gasteiger partial charge in [-0.2, -0.15) is 0 Å². The second-order valence-electron chi connectivity index (χ2n) is 5.91. The molecule has 0 unspecified atom stereocenters. The zero-order valence-electron chi connectivity index (χ0n) is 13.8. The van der Waals surface area contributed by atoms with Crippen molar-refractivity contribution in [1.82, 2.24) is 25.1 Å². The molecule has 1 aliphatic rings. The van der Waals surface area contributed by atoms with Crippen LogP contribution in [0.3, 0.4) is 0 Å². The second-order valence-corrected chi connectivity index (χ2v) is 6.97. The minimum atomic E-state index is 0.00456. The Balaban J connectivity index is 1.41. The van der Waals surface area contributed by atoms with E-state index >= 15 is 0 Å². The summed E-state index contributed by atoms with van der Waals surface area (Å²) in [7, 11) is 1.78. The molecule has 24 heavy (non-hydrogen) atoms. The molecular weight excluding hydrogens is 324 g/mol. The number of nitrogens with zero attached hydrogens (tertiary/aromatic N) is 5. The first kappa shape index (κ1) is 16.9. The highest BCUT2D eigenvalue weighted by molar-refractivity contribution is 7.99. The van der Waals surface area contributed by atoms with Crippen molar-refractivity contribution >= 4 is 23.4 Å². The molecule has 0 radical (unpaired) electrons. The van der Waals surface area contributed by atoms with Crippen molar-refractivity contribution in [3.8, 4) is 0 Å². The molecule has 0 bridgehead atoms. The Labute approximate surface area is 145 Å². The van der Waals surface area contributed by atoms with Crippen LogP contribution in [0.2, 0.25) is 0 Å². The number of tetrazole rings is 1. The van der Waals surface area contributed by atoms with Gasteiger partial charge in [0.1, 0.15) is 0 Å². The third kappa shape index (κ3) is 4.78. The number of carbonyl (C=O) groups is 1. The van der Waals surface area contributed by atoms with Crippen LogP contribution in [0.1, 0.15) is 24.8 Å². The molecule has 0 aliphatic carbocycles. The van der Waals surface area contributed by atoms with Gasteiger partial charge in [-0.3, -0.25) is 9.69 Å². The first-order valence-corrected chi connectivity index (χ1v) is 9.15. The quantitative estimate of drug-likeness (QED) is 0.772. The number of aryl methyl sites for hydroxylation is 1. The van der Waals surface area contributed by atoms with Gasteiger partial charge in [-0.1, -0.05) is 23.9 Å². The van der Waals surface area contributed by atoms with Crippen molar-refractivity contribution in [3.63, 3.8) is 0 Å². The van der Waals surface area contributed by atoms with Gasteiger partial charge in [-0.05, 0) is 54.1 Å². The number of benzene rings is 1. The zero-order valence-corrected chi connectivity index (χ0v) is 14.6. The predicted molar refractivity (Wildman–Crippen MR) is 93.7 cm³/mol. The van der Waals surface area contributed by atoms with Crippen LogP contribution < -0.4 is 5.32 Å². The Morgan fingerprint density at radius 3 is 2.67 bits per heavy atom. The van der Waals surface area contributed by atoms with E-state index in [2.05, 4.69) is 37.9 Å². The Morgan fingerprint density at radius 1 is 1.25 bits per heavy atom. The molecule has 2 aromatic rings. The van der Waals surface area contributed by atoms with Gasteiger partial charge in [0.05, 0.1) is 0 Å². The second kappa shape index (κ2) is 8.25. The third-order valence-corrected chi connectivity index (χ3v) is 5.00. The van der Waals surface area contributed by atoms with Gasteiger partial charge < -0.3 is 5.32 Å². The lowest BCUT2D eigenvalue weighted by Crippen LogP contribution is -2.18. The Morgan fingerprint density at radius 2 is 2.00 bits per heavy atom. The summed E-state index contributed by atoms with van der Waals surface area (Å²) < 4.78 is 1.60. The van der Waals surface area contributed by atoms with Gasteiger partial charge in [-0.15, -0.1) is 5.10 Å². The van der Waals surface area contributed by atoms with Gasteiger partial charge >= 0.3 is 0 Å². The molecule has 1 aromatic heterocycles. The maximum absolute atomic E-state index is 12.0. The minimum absolute atomic E-state index is 0.00456. The molecule has 0 spiro atoms. The normalized spacial score (nSPS) is 14.9. The molecule has 0 saturated carbocycles. The van der Waals surface area contributed by atoms with Crippen molar-refractivity contribution < 1.29 is 4.79 Å². The maximum Gasteiger partial charge on any atom is 0.225 e. The van der Waals surface area contributed by atoms with E-state index in [9.17, 15) is 4.79 Å². The van der Waals surface area contributed by atoms with Crippen molar-refractivity contribution in [2.24, 2.45) is 7.05 Å². The van der Waals surface area contributed by atoms with Crippen molar-refractivity contribution in [3.05, 3.63) is 29.8 Å². The summed E-state index contributed by atoms with van der Waals surface area (Å²) in [5, 5.41) is 14.9. The van der Waals surface area contributed by atoms with Crippen LogP contribution in [0.4, 0.5) is 5.69 Å². The van der Waals surface area contributed by atoms with Gasteiger partial charge in [0, 0.05) is 31.5 Å². The van der Waals surface area contributed by atoms with Crippen LogP contribution >= 0.6 is 11.8 Å². The lowest BCUT2D eigenvalue weighted by Gasteiger charge is -2.14. The Kier molecular flexibility index (Phi) is 5.81. The molecule has 2 heterocycles. The number of nitrogens with one attached hydrogen (secondary N) is 1. The lowest BCUT2D eigenvalue weighted by atomic mass is 10.2. The van der Waals surface area contributed by atoms with Gasteiger partial charge in [0.25, 0.3) is 0 Å². The first-order chi connectivity index (χ1) is 11.7.